The van der Waals surface area contributed by atoms with Crippen LogP contribution in [0.25, 0.3) is 0 Å². The first-order valence-corrected chi connectivity index (χ1v) is 7.84. The van der Waals surface area contributed by atoms with Crippen molar-refractivity contribution in [2.24, 2.45) is 11.7 Å². The summed E-state index contributed by atoms with van der Waals surface area (Å²) in [5.41, 5.74) is 7.01. The molecule has 0 spiro atoms. The summed E-state index contributed by atoms with van der Waals surface area (Å²) in [5, 5.41) is 8.76. The Hall–Kier alpha value is -2.08. The zero-order chi connectivity index (χ0) is 16.8. The minimum atomic E-state index is -1.56. The lowest BCUT2D eigenvalue weighted by Crippen LogP contribution is -2.38. The van der Waals surface area contributed by atoms with Crippen molar-refractivity contribution in [3.8, 4) is 5.75 Å². The van der Waals surface area contributed by atoms with E-state index in [-0.39, 0.29) is 11.8 Å². The fourth-order valence-electron chi connectivity index (χ4n) is 3.35. The summed E-state index contributed by atoms with van der Waals surface area (Å²) in [4.78, 5) is 22.2. The number of rotatable bonds is 5. The summed E-state index contributed by atoms with van der Waals surface area (Å²) in [6, 6.07) is 7.67. The molecule has 3 N–H and O–H groups in total. The van der Waals surface area contributed by atoms with Gasteiger partial charge in [-0.25, -0.2) is 9.59 Å². The summed E-state index contributed by atoms with van der Waals surface area (Å²) in [5.74, 6) is -1.99. The maximum absolute atomic E-state index is 11.4. The summed E-state index contributed by atoms with van der Waals surface area (Å²) in [6.45, 7) is 0.402. The molecule has 1 aliphatic carbocycles. The maximum Gasteiger partial charge on any atom is 0.417 e. The van der Waals surface area contributed by atoms with Gasteiger partial charge in [-0.2, -0.15) is 0 Å². The molecule has 6 heteroatoms. The summed E-state index contributed by atoms with van der Waals surface area (Å²) < 4.78 is 10.5. The van der Waals surface area contributed by atoms with Crippen molar-refractivity contribution in [3.63, 3.8) is 0 Å². The van der Waals surface area contributed by atoms with Crippen molar-refractivity contribution in [1.29, 1.82) is 0 Å². The second kappa shape index (κ2) is 7.97. The molecule has 0 radical (unpaired) electrons. The molecule has 0 saturated heterocycles. The van der Waals surface area contributed by atoms with Gasteiger partial charge in [0.2, 0.25) is 0 Å². The number of methoxy groups -OCH3 is 1. The summed E-state index contributed by atoms with van der Waals surface area (Å²) >= 11 is 0. The van der Waals surface area contributed by atoms with E-state index in [0.717, 1.165) is 30.6 Å². The van der Waals surface area contributed by atoms with Crippen molar-refractivity contribution < 1.29 is 24.2 Å². The van der Waals surface area contributed by atoms with Gasteiger partial charge in [0.15, 0.2) is 0 Å². The fourth-order valence-corrected chi connectivity index (χ4v) is 3.35. The molecule has 1 fully saturated rings. The number of aliphatic carboxylic acids is 1. The van der Waals surface area contributed by atoms with Crippen LogP contribution >= 0.6 is 0 Å². The zero-order valence-corrected chi connectivity index (χ0v) is 13.2. The van der Waals surface area contributed by atoms with Crippen LogP contribution in [-0.4, -0.2) is 36.8 Å². The molecule has 0 amide bonds. The van der Waals surface area contributed by atoms with E-state index >= 15 is 0 Å². The Morgan fingerprint density at radius 1 is 1.35 bits per heavy atom. The summed E-state index contributed by atoms with van der Waals surface area (Å²) in [7, 11) is 1.61. The van der Waals surface area contributed by atoms with Gasteiger partial charge in [-0.05, 0) is 43.5 Å². The van der Waals surface area contributed by atoms with Crippen molar-refractivity contribution >= 4 is 11.9 Å². The first-order valence-electron chi connectivity index (χ1n) is 7.84. The van der Waals surface area contributed by atoms with Crippen molar-refractivity contribution in [2.75, 3.05) is 13.7 Å². The van der Waals surface area contributed by atoms with Gasteiger partial charge < -0.3 is 20.3 Å². The first-order chi connectivity index (χ1) is 11.1. The minimum Gasteiger partial charge on any atom is -0.497 e. The molecule has 0 aromatic heterocycles. The fraction of sp³-hybridized carbons (Fsp3) is 0.529. The second-order valence-electron chi connectivity index (χ2n) is 5.82. The molecule has 6 nitrogen and oxygen atoms in total. The van der Waals surface area contributed by atoms with Gasteiger partial charge in [-0.1, -0.05) is 18.6 Å². The summed E-state index contributed by atoms with van der Waals surface area (Å²) in [6.07, 6.45) is 3.06. The number of hydrogen-bond donors (Lipinski definition) is 2. The topological polar surface area (TPSA) is 98.9 Å². The lowest BCUT2D eigenvalue weighted by Gasteiger charge is -2.36. The number of esters is 1. The van der Waals surface area contributed by atoms with E-state index in [4.69, 9.17) is 20.3 Å². The highest BCUT2D eigenvalue weighted by Crippen LogP contribution is 2.38. The van der Waals surface area contributed by atoms with Gasteiger partial charge in [0.25, 0.3) is 0 Å². The average molecular weight is 321 g/mol. The highest BCUT2D eigenvalue weighted by Gasteiger charge is 2.35. The predicted molar refractivity (Wildman–Crippen MR) is 84.3 cm³/mol. The molecule has 126 valence electrons. The minimum absolute atomic E-state index is 0.00278. The van der Waals surface area contributed by atoms with Crippen molar-refractivity contribution in [1.82, 2.24) is 0 Å². The van der Waals surface area contributed by atoms with Crippen LogP contribution in [-0.2, 0) is 14.3 Å². The van der Waals surface area contributed by atoms with Gasteiger partial charge in [0.05, 0.1) is 7.11 Å². The smallest absolute Gasteiger partial charge is 0.417 e. The highest BCUT2D eigenvalue weighted by molar-refractivity contribution is 6.28. The van der Waals surface area contributed by atoms with E-state index < -0.39 is 18.0 Å². The van der Waals surface area contributed by atoms with Crippen molar-refractivity contribution in [2.45, 2.75) is 37.7 Å². The van der Waals surface area contributed by atoms with Crippen LogP contribution in [0.3, 0.4) is 0 Å². The van der Waals surface area contributed by atoms with E-state index in [1.54, 1.807) is 7.11 Å². The van der Waals surface area contributed by atoms with Gasteiger partial charge >= 0.3 is 11.9 Å². The van der Waals surface area contributed by atoms with E-state index in [9.17, 15) is 9.59 Å². The van der Waals surface area contributed by atoms with Crippen LogP contribution < -0.4 is 10.5 Å². The molecule has 2 rings (SSSR count). The van der Waals surface area contributed by atoms with E-state index in [1.165, 1.54) is 0 Å². The van der Waals surface area contributed by atoms with Crippen LogP contribution in [0, 0.1) is 5.92 Å². The molecule has 1 aromatic rings. The number of hydrogen-bond acceptors (Lipinski definition) is 5. The zero-order valence-electron chi connectivity index (χ0n) is 13.2. The quantitative estimate of drug-likeness (QED) is 0.635. The molecule has 1 aromatic carbocycles. The first kappa shape index (κ1) is 17.3. The molecule has 3 atom stereocenters. The third kappa shape index (κ3) is 4.22. The largest absolute Gasteiger partial charge is 0.497 e. The SMILES string of the molecule is COc1cccc([C@H](CN)[C@H]2CCCC[C@@H]2OC(=O)C(=O)O)c1. The van der Waals surface area contributed by atoms with Gasteiger partial charge in [0, 0.05) is 11.8 Å². The van der Waals surface area contributed by atoms with Crippen LogP contribution in [0.1, 0.15) is 37.2 Å². The Morgan fingerprint density at radius 2 is 2.09 bits per heavy atom. The third-order valence-corrected chi connectivity index (χ3v) is 4.48. The molecule has 0 unspecified atom stereocenters. The molecule has 23 heavy (non-hydrogen) atoms. The van der Waals surface area contributed by atoms with Gasteiger partial charge in [-0.3, -0.25) is 0 Å². The van der Waals surface area contributed by atoms with Gasteiger partial charge in [-0.15, -0.1) is 0 Å². The van der Waals surface area contributed by atoms with Crippen molar-refractivity contribution in [3.05, 3.63) is 29.8 Å². The third-order valence-electron chi connectivity index (χ3n) is 4.48. The van der Waals surface area contributed by atoms with Crippen LogP contribution in [0.15, 0.2) is 24.3 Å². The van der Waals surface area contributed by atoms with Crippen LogP contribution in [0.4, 0.5) is 0 Å². The van der Waals surface area contributed by atoms with E-state index in [0.29, 0.717) is 13.0 Å². The van der Waals surface area contributed by atoms with Gasteiger partial charge in [0.1, 0.15) is 11.9 Å². The second-order valence-corrected chi connectivity index (χ2v) is 5.82. The Morgan fingerprint density at radius 3 is 2.74 bits per heavy atom. The van der Waals surface area contributed by atoms with Crippen LogP contribution in [0.5, 0.6) is 5.75 Å². The molecule has 0 heterocycles. The number of carboxylic acid groups (broad SMARTS) is 1. The molecule has 1 saturated carbocycles. The monoisotopic (exact) mass is 321 g/mol. The Bertz CT molecular complexity index is 560. The Kier molecular flexibility index (Phi) is 5.98. The number of carboxylic acids is 1. The number of carbonyl (C=O) groups excluding carboxylic acids is 1. The standard InChI is InChI=1S/C17H23NO5/c1-22-12-6-4-5-11(9-12)14(10-18)13-7-2-3-8-15(13)23-17(21)16(19)20/h4-6,9,13-15H,2-3,7-8,10,18H2,1H3,(H,19,20)/t13-,14+,15+/m1/s1. The number of nitrogens with two attached hydrogens (primary N) is 1. The molecule has 1 aliphatic rings. The number of benzene rings is 1. The van der Waals surface area contributed by atoms with E-state index in [2.05, 4.69) is 0 Å². The lowest BCUT2D eigenvalue weighted by molar-refractivity contribution is -0.170. The highest BCUT2D eigenvalue weighted by atomic mass is 16.6. The average Bonchev–Trinajstić information content (AvgIpc) is 2.57. The Balaban J connectivity index is 2.21. The number of carbonyl (C=O) groups is 2. The molecular weight excluding hydrogens is 298 g/mol. The maximum atomic E-state index is 11.4. The number of ether oxygens (including phenoxy) is 2. The van der Waals surface area contributed by atoms with Crippen LogP contribution in [0.2, 0.25) is 0 Å². The lowest BCUT2D eigenvalue weighted by atomic mass is 9.75. The predicted octanol–water partition coefficient (Wildman–Crippen LogP) is 1.92. The molecule has 0 bridgehead atoms. The molecular formula is C17H23NO5. The Labute approximate surface area is 135 Å². The molecule has 0 aliphatic heterocycles. The van der Waals surface area contributed by atoms with E-state index in [1.807, 2.05) is 24.3 Å². The normalized spacial score (nSPS) is 22.2.